The largest absolute Gasteiger partial charge is 0.254 e. The van der Waals surface area contributed by atoms with Crippen molar-refractivity contribution in [1.29, 1.82) is 0 Å². The molecule has 2 rings (SSSR count). The zero-order valence-electron chi connectivity index (χ0n) is 6.43. The molecule has 0 radical (unpaired) electrons. The van der Waals surface area contributed by atoms with Crippen molar-refractivity contribution in [3.05, 3.63) is 35.4 Å². The highest BCUT2D eigenvalue weighted by Crippen LogP contribution is 2.25. The molecule has 0 saturated carbocycles. The first-order chi connectivity index (χ1) is 5.77. The summed E-state index contributed by atoms with van der Waals surface area (Å²) in [4.78, 5) is 0. The Balaban J connectivity index is 2.40. The molecule has 0 bridgehead atoms. The lowest BCUT2D eigenvalue weighted by atomic mass is 10.00. The fourth-order valence-corrected chi connectivity index (χ4v) is 1.47. The molecule has 0 spiro atoms. The second kappa shape index (κ2) is 2.83. The van der Waals surface area contributed by atoms with Crippen molar-refractivity contribution in [2.75, 3.05) is 0 Å². The van der Waals surface area contributed by atoms with Crippen LogP contribution in [0.25, 0.3) is 0 Å². The van der Waals surface area contributed by atoms with Crippen LogP contribution in [0.2, 0.25) is 0 Å². The van der Waals surface area contributed by atoms with Crippen molar-refractivity contribution in [2.24, 2.45) is 0 Å². The molecule has 1 heterocycles. The zero-order chi connectivity index (χ0) is 8.55. The van der Waals surface area contributed by atoms with E-state index in [0.717, 1.165) is 5.56 Å². The number of fused-ring (bicyclic) bond motifs is 1. The first kappa shape index (κ1) is 7.68. The van der Waals surface area contributed by atoms with E-state index in [0.29, 0.717) is 5.56 Å². The molecule has 1 aromatic rings. The van der Waals surface area contributed by atoms with Gasteiger partial charge >= 0.3 is 0 Å². The van der Waals surface area contributed by atoms with Crippen molar-refractivity contribution in [2.45, 2.75) is 19.0 Å². The third-order valence-corrected chi connectivity index (χ3v) is 2.05. The highest BCUT2D eigenvalue weighted by Gasteiger charge is 2.24. The van der Waals surface area contributed by atoms with E-state index in [1.807, 2.05) is 0 Å². The molecule has 64 valence electrons. The van der Waals surface area contributed by atoms with E-state index in [2.05, 4.69) is 5.32 Å². The summed E-state index contributed by atoms with van der Waals surface area (Å²) >= 11 is 0. The van der Waals surface area contributed by atoms with Crippen molar-refractivity contribution >= 4 is 0 Å². The number of benzene rings is 1. The van der Waals surface area contributed by atoms with Crippen LogP contribution in [0.1, 0.15) is 17.4 Å². The van der Waals surface area contributed by atoms with Gasteiger partial charge < -0.3 is 0 Å². The van der Waals surface area contributed by atoms with Crippen molar-refractivity contribution < 1.29 is 8.78 Å². The second-order valence-electron chi connectivity index (χ2n) is 2.90. The van der Waals surface area contributed by atoms with E-state index < -0.39 is 12.6 Å². The topological polar surface area (TPSA) is 12.0 Å². The minimum Gasteiger partial charge on any atom is -0.254 e. The maximum atomic E-state index is 13.1. The van der Waals surface area contributed by atoms with Gasteiger partial charge in [0.2, 0.25) is 0 Å². The summed E-state index contributed by atoms with van der Waals surface area (Å²) in [6, 6.07) is 6.99. The highest BCUT2D eigenvalue weighted by molar-refractivity contribution is 5.31. The number of nitrogens with one attached hydrogen (secondary N) is 1. The molecule has 12 heavy (non-hydrogen) atoms. The summed E-state index contributed by atoms with van der Waals surface area (Å²) in [6.07, 6.45) is -2.35. The van der Waals surface area contributed by atoms with Crippen LogP contribution in [-0.4, -0.2) is 6.30 Å². The standard InChI is InChI=1S/C9H9F2N/c10-8-5-6-3-1-2-4-7(6)9(11)12-8/h1-4,8-9,12H,5H2. The molecule has 0 fully saturated rings. The molecule has 0 amide bonds. The molecule has 1 nitrogen and oxygen atoms in total. The normalized spacial score (nSPS) is 28.2. The molecule has 3 heteroatoms. The van der Waals surface area contributed by atoms with E-state index in [4.69, 9.17) is 0 Å². The van der Waals surface area contributed by atoms with Gasteiger partial charge in [-0.15, -0.1) is 0 Å². The quantitative estimate of drug-likeness (QED) is 0.586. The van der Waals surface area contributed by atoms with Gasteiger partial charge in [0.05, 0.1) is 0 Å². The average Bonchev–Trinajstić information content (AvgIpc) is 2.04. The number of hydrogen-bond acceptors (Lipinski definition) is 1. The lowest BCUT2D eigenvalue weighted by Crippen LogP contribution is -2.34. The van der Waals surface area contributed by atoms with Crippen molar-refractivity contribution in [3.63, 3.8) is 0 Å². The molecule has 2 unspecified atom stereocenters. The molecule has 1 N–H and O–H groups in total. The summed E-state index contributed by atoms with van der Waals surface area (Å²) in [6.45, 7) is 0. The first-order valence-electron chi connectivity index (χ1n) is 3.89. The van der Waals surface area contributed by atoms with E-state index in [9.17, 15) is 8.78 Å². The van der Waals surface area contributed by atoms with Gasteiger partial charge in [0, 0.05) is 12.0 Å². The third-order valence-electron chi connectivity index (χ3n) is 2.05. The Bertz CT molecular complexity index is 288. The van der Waals surface area contributed by atoms with Crippen LogP contribution in [0.15, 0.2) is 24.3 Å². The van der Waals surface area contributed by atoms with Gasteiger partial charge in [0.15, 0.2) is 12.6 Å². The Kier molecular flexibility index (Phi) is 1.81. The Labute approximate surface area is 69.4 Å². The molecule has 1 aromatic carbocycles. The summed E-state index contributed by atoms with van der Waals surface area (Å²) in [7, 11) is 0. The lowest BCUT2D eigenvalue weighted by molar-refractivity contribution is 0.153. The van der Waals surface area contributed by atoms with E-state index in [1.54, 1.807) is 24.3 Å². The smallest absolute Gasteiger partial charge is 0.179 e. The Morgan fingerprint density at radius 1 is 1.25 bits per heavy atom. The first-order valence-corrected chi connectivity index (χ1v) is 3.89. The summed E-state index contributed by atoms with van der Waals surface area (Å²) in [5.41, 5.74) is 1.32. The molecule has 1 aliphatic heterocycles. The predicted molar refractivity (Wildman–Crippen MR) is 42.0 cm³/mol. The van der Waals surface area contributed by atoms with Gasteiger partial charge in [-0.2, -0.15) is 0 Å². The monoisotopic (exact) mass is 169 g/mol. The van der Waals surface area contributed by atoms with Crippen molar-refractivity contribution in [1.82, 2.24) is 5.32 Å². The summed E-state index contributed by atoms with van der Waals surface area (Å²) in [5, 5.41) is 2.20. The fourth-order valence-electron chi connectivity index (χ4n) is 1.47. The maximum absolute atomic E-state index is 13.1. The van der Waals surface area contributed by atoms with Crippen LogP contribution < -0.4 is 5.32 Å². The minimum absolute atomic E-state index is 0.261. The highest BCUT2D eigenvalue weighted by atomic mass is 19.2. The number of hydrogen-bond donors (Lipinski definition) is 1. The van der Waals surface area contributed by atoms with Crippen LogP contribution in [0.4, 0.5) is 8.78 Å². The number of alkyl halides is 2. The van der Waals surface area contributed by atoms with Crippen LogP contribution >= 0.6 is 0 Å². The molecule has 1 aliphatic rings. The van der Waals surface area contributed by atoms with E-state index in [1.165, 1.54) is 0 Å². The second-order valence-corrected chi connectivity index (χ2v) is 2.90. The Morgan fingerprint density at radius 2 is 2.00 bits per heavy atom. The van der Waals surface area contributed by atoms with Gasteiger partial charge in [-0.05, 0) is 5.56 Å². The zero-order valence-corrected chi connectivity index (χ0v) is 6.43. The minimum atomic E-state index is -1.36. The molecule has 0 aliphatic carbocycles. The fraction of sp³-hybridized carbons (Fsp3) is 0.333. The number of halogens is 2. The SMILES string of the molecule is FC1Cc2ccccc2C(F)N1. The summed E-state index contributed by atoms with van der Waals surface area (Å²) < 4.78 is 25.8. The molecule has 0 saturated heterocycles. The predicted octanol–water partition coefficient (Wildman–Crippen LogP) is 2.10. The Hall–Kier alpha value is -0.960. The Morgan fingerprint density at radius 3 is 2.83 bits per heavy atom. The van der Waals surface area contributed by atoms with Gasteiger partial charge in [-0.1, -0.05) is 24.3 Å². The van der Waals surface area contributed by atoms with Crippen LogP contribution in [0.5, 0.6) is 0 Å². The number of rotatable bonds is 0. The third kappa shape index (κ3) is 1.20. The lowest BCUT2D eigenvalue weighted by Gasteiger charge is -2.23. The average molecular weight is 169 g/mol. The molecule has 0 aromatic heterocycles. The summed E-state index contributed by atoms with van der Waals surface area (Å²) in [5.74, 6) is 0. The molecule has 2 atom stereocenters. The van der Waals surface area contributed by atoms with Gasteiger partial charge in [0.1, 0.15) is 0 Å². The van der Waals surface area contributed by atoms with Gasteiger partial charge in [0.25, 0.3) is 0 Å². The van der Waals surface area contributed by atoms with Gasteiger partial charge in [-0.25, -0.2) is 8.78 Å². The van der Waals surface area contributed by atoms with Gasteiger partial charge in [-0.3, -0.25) is 5.32 Å². The van der Waals surface area contributed by atoms with E-state index >= 15 is 0 Å². The van der Waals surface area contributed by atoms with Crippen LogP contribution in [0.3, 0.4) is 0 Å². The van der Waals surface area contributed by atoms with E-state index in [-0.39, 0.29) is 6.42 Å². The van der Waals surface area contributed by atoms with Crippen LogP contribution in [0, 0.1) is 0 Å². The van der Waals surface area contributed by atoms with Crippen molar-refractivity contribution in [3.8, 4) is 0 Å². The molecular weight excluding hydrogens is 160 g/mol. The maximum Gasteiger partial charge on any atom is 0.179 e. The molecular formula is C9H9F2N. The van der Waals surface area contributed by atoms with Crippen LogP contribution in [-0.2, 0) is 6.42 Å².